The lowest BCUT2D eigenvalue weighted by Crippen LogP contribution is -2.34. The van der Waals surface area contributed by atoms with Crippen molar-refractivity contribution < 1.29 is 0 Å². The van der Waals surface area contributed by atoms with Crippen molar-refractivity contribution in [3.63, 3.8) is 0 Å². The summed E-state index contributed by atoms with van der Waals surface area (Å²) in [5, 5.41) is 17.0. The van der Waals surface area contributed by atoms with Crippen molar-refractivity contribution in [3.8, 4) is 0 Å². The van der Waals surface area contributed by atoms with Crippen LogP contribution in [-0.4, -0.2) is 32.8 Å². The molecule has 1 unspecified atom stereocenters. The Morgan fingerprint density at radius 1 is 1.24 bits per heavy atom. The number of benzene rings is 1. The lowest BCUT2D eigenvalue weighted by molar-refractivity contribution is 0.494. The summed E-state index contributed by atoms with van der Waals surface area (Å²) in [5.74, 6) is 0.717. The van der Waals surface area contributed by atoms with E-state index in [0.29, 0.717) is 22.3 Å². The summed E-state index contributed by atoms with van der Waals surface area (Å²) < 4.78 is 0. The van der Waals surface area contributed by atoms with Crippen LogP contribution in [0.4, 0.5) is 0 Å². The fourth-order valence-electron chi connectivity index (χ4n) is 2.16. The van der Waals surface area contributed by atoms with Gasteiger partial charge in [0.1, 0.15) is 0 Å². The van der Waals surface area contributed by atoms with Crippen LogP contribution in [0.5, 0.6) is 0 Å². The second kappa shape index (κ2) is 7.73. The van der Waals surface area contributed by atoms with E-state index in [2.05, 4.69) is 27.7 Å². The van der Waals surface area contributed by atoms with Crippen molar-refractivity contribution in [1.29, 1.82) is 0 Å². The van der Waals surface area contributed by atoms with Crippen molar-refractivity contribution in [2.24, 2.45) is 7.05 Å². The van der Waals surface area contributed by atoms with Gasteiger partial charge in [0, 0.05) is 22.5 Å². The number of nitrogens with one attached hydrogen (secondary N) is 1. The van der Waals surface area contributed by atoms with E-state index < -0.39 is 0 Å². The Morgan fingerprint density at radius 2 is 1.95 bits per heavy atom. The molecule has 0 amide bonds. The van der Waals surface area contributed by atoms with Crippen molar-refractivity contribution in [2.75, 3.05) is 6.54 Å². The van der Waals surface area contributed by atoms with Gasteiger partial charge in [0.05, 0.1) is 7.05 Å². The van der Waals surface area contributed by atoms with E-state index in [1.807, 2.05) is 18.2 Å². The first kappa shape index (κ1) is 16.2. The van der Waals surface area contributed by atoms with Crippen molar-refractivity contribution in [3.05, 3.63) is 39.6 Å². The van der Waals surface area contributed by atoms with Gasteiger partial charge in [-0.25, -0.2) is 0 Å². The average molecular weight is 328 g/mol. The van der Waals surface area contributed by atoms with Gasteiger partial charge >= 0.3 is 0 Å². The number of nitrogens with zero attached hydrogens (tertiary/aromatic N) is 4. The van der Waals surface area contributed by atoms with Crippen LogP contribution in [0.2, 0.25) is 10.0 Å². The molecule has 0 spiro atoms. The third kappa shape index (κ3) is 4.66. The minimum Gasteiger partial charge on any atom is -0.313 e. The molecule has 2 rings (SSSR count). The Hall–Kier alpha value is -1.17. The van der Waals surface area contributed by atoms with Crippen molar-refractivity contribution in [1.82, 2.24) is 25.5 Å². The Morgan fingerprint density at radius 3 is 2.52 bits per heavy atom. The van der Waals surface area contributed by atoms with Gasteiger partial charge in [0.25, 0.3) is 0 Å². The summed E-state index contributed by atoms with van der Waals surface area (Å²) in [6.45, 7) is 3.06. The summed E-state index contributed by atoms with van der Waals surface area (Å²) in [5.41, 5.74) is 0.957. The number of hydrogen-bond acceptors (Lipinski definition) is 4. The second-order valence-corrected chi connectivity index (χ2v) is 5.77. The Bertz CT molecular complexity index is 564. The highest BCUT2D eigenvalue weighted by Gasteiger charge is 2.16. The number of rotatable bonds is 7. The zero-order valence-electron chi connectivity index (χ0n) is 12.2. The largest absolute Gasteiger partial charge is 0.313 e. The third-order valence-electron chi connectivity index (χ3n) is 3.17. The van der Waals surface area contributed by atoms with Gasteiger partial charge in [-0.2, -0.15) is 4.80 Å². The molecule has 1 aromatic carbocycles. The summed E-state index contributed by atoms with van der Waals surface area (Å²) in [6.07, 6.45) is 2.48. The van der Waals surface area contributed by atoms with Crippen LogP contribution in [0, 0.1) is 0 Å². The maximum atomic E-state index is 6.25. The van der Waals surface area contributed by atoms with Gasteiger partial charge in [-0.05, 0) is 42.3 Å². The summed E-state index contributed by atoms with van der Waals surface area (Å²) >= 11 is 12.5. The first-order valence-corrected chi connectivity index (χ1v) is 7.75. The van der Waals surface area contributed by atoms with Crippen LogP contribution in [-0.2, 0) is 19.9 Å². The molecule has 0 saturated carbocycles. The summed E-state index contributed by atoms with van der Waals surface area (Å²) in [7, 11) is 1.76. The highest BCUT2D eigenvalue weighted by atomic mass is 35.5. The maximum Gasteiger partial charge on any atom is 0.176 e. The van der Waals surface area contributed by atoms with E-state index in [9.17, 15) is 0 Å². The average Bonchev–Trinajstić information content (AvgIpc) is 2.85. The molecule has 21 heavy (non-hydrogen) atoms. The van der Waals surface area contributed by atoms with Crippen LogP contribution < -0.4 is 5.32 Å². The molecule has 0 aliphatic carbocycles. The monoisotopic (exact) mass is 327 g/mol. The fraction of sp³-hybridized carbons (Fsp3) is 0.500. The van der Waals surface area contributed by atoms with Gasteiger partial charge in [0.15, 0.2) is 5.82 Å². The molecule has 1 atom stereocenters. The number of halogens is 2. The molecule has 1 heterocycles. The van der Waals surface area contributed by atoms with E-state index in [1.54, 1.807) is 7.05 Å². The predicted molar refractivity (Wildman–Crippen MR) is 84.7 cm³/mol. The van der Waals surface area contributed by atoms with E-state index in [1.165, 1.54) is 4.80 Å². The Kier molecular flexibility index (Phi) is 5.96. The number of aryl methyl sites for hydroxylation is 1. The quantitative estimate of drug-likeness (QED) is 0.849. The molecule has 0 bridgehead atoms. The van der Waals surface area contributed by atoms with Crippen LogP contribution in [0.1, 0.15) is 24.7 Å². The molecule has 0 fully saturated rings. The molecular formula is C14H19Cl2N5. The van der Waals surface area contributed by atoms with Gasteiger partial charge in [-0.1, -0.05) is 36.2 Å². The molecule has 114 valence electrons. The number of aromatic nitrogens is 4. The number of tetrazole rings is 1. The summed E-state index contributed by atoms with van der Waals surface area (Å²) in [4.78, 5) is 1.47. The molecule has 1 N–H and O–H groups in total. The fourth-order valence-corrected chi connectivity index (χ4v) is 2.72. The Balaban J connectivity index is 2.12. The minimum absolute atomic E-state index is 0.173. The SMILES string of the molecule is CCCNC(Cc1nnn(C)n1)Cc1c(Cl)cccc1Cl. The topological polar surface area (TPSA) is 55.6 Å². The van der Waals surface area contributed by atoms with Gasteiger partial charge in [-0.3, -0.25) is 0 Å². The highest BCUT2D eigenvalue weighted by Crippen LogP contribution is 2.26. The van der Waals surface area contributed by atoms with E-state index >= 15 is 0 Å². The van der Waals surface area contributed by atoms with Crippen LogP contribution in [0.15, 0.2) is 18.2 Å². The smallest absolute Gasteiger partial charge is 0.176 e. The van der Waals surface area contributed by atoms with Gasteiger partial charge in [-0.15, -0.1) is 10.2 Å². The maximum absolute atomic E-state index is 6.25. The van der Waals surface area contributed by atoms with Gasteiger partial charge in [0.2, 0.25) is 0 Å². The van der Waals surface area contributed by atoms with E-state index in [-0.39, 0.29) is 6.04 Å². The molecule has 2 aromatic rings. The normalized spacial score (nSPS) is 12.6. The number of hydrogen-bond donors (Lipinski definition) is 1. The molecule has 1 aromatic heterocycles. The lowest BCUT2D eigenvalue weighted by atomic mass is 10.0. The second-order valence-electron chi connectivity index (χ2n) is 4.95. The zero-order chi connectivity index (χ0) is 15.2. The van der Waals surface area contributed by atoms with Gasteiger partial charge < -0.3 is 5.32 Å². The van der Waals surface area contributed by atoms with Crippen LogP contribution in [0.25, 0.3) is 0 Å². The molecule has 0 radical (unpaired) electrons. The van der Waals surface area contributed by atoms with Crippen molar-refractivity contribution in [2.45, 2.75) is 32.2 Å². The summed E-state index contributed by atoms with van der Waals surface area (Å²) in [6, 6.07) is 5.75. The third-order valence-corrected chi connectivity index (χ3v) is 3.88. The molecule has 7 heteroatoms. The predicted octanol–water partition coefficient (Wildman–Crippen LogP) is 2.67. The standard InChI is InChI=1S/C14H19Cl2N5/c1-3-7-17-10(9-14-18-20-21(2)19-14)8-11-12(15)5-4-6-13(11)16/h4-6,10,17H,3,7-9H2,1-2H3. The van der Waals surface area contributed by atoms with E-state index in [0.717, 1.165) is 24.9 Å². The Labute approximate surface area is 134 Å². The molecular weight excluding hydrogens is 309 g/mol. The molecule has 0 aliphatic rings. The molecule has 5 nitrogen and oxygen atoms in total. The van der Waals surface area contributed by atoms with Crippen LogP contribution in [0.3, 0.4) is 0 Å². The molecule has 0 saturated heterocycles. The first-order valence-electron chi connectivity index (χ1n) is 6.99. The highest BCUT2D eigenvalue weighted by molar-refractivity contribution is 6.36. The minimum atomic E-state index is 0.173. The first-order chi connectivity index (χ1) is 10.1. The van der Waals surface area contributed by atoms with Crippen molar-refractivity contribution >= 4 is 23.2 Å². The molecule has 0 aliphatic heterocycles. The van der Waals surface area contributed by atoms with Crippen LogP contribution >= 0.6 is 23.2 Å². The van der Waals surface area contributed by atoms with E-state index in [4.69, 9.17) is 23.2 Å². The zero-order valence-corrected chi connectivity index (χ0v) is 13.7. The lowest BCUT2D eigenvalue weighted by Gasteiger charge is -2.18.